The molecule has 0 aliphatic carbocycles. The van der Waals surface area contributed by atoms with Gasteiger partial charge in [0.05, 0.1) is 11.5 Å². The predicted molar refractivity (Wildman–Crippen MR) is 114 cm³/mol. The van der Waals surface area contributed by atoms with Crippen LogP contribution in [0.5, 0.6) is 5.75 Å². The normalized spacial score (nSPS) is 11.6. The van der Waals surface area contributed by atoms with Crippen molar-refractivity contribution in [2.75, 3.05) is 11.9 Å². The van der Waals surface area contributed by atoms with E-state index in [1.807, 2.05) is 6.07 Å². The van der Waals surface area contributed by atoms with Crippen molar-refractivity contribution < 1.29 is 19.6 Å². The van der Waals surface area contributed by atoms with Crippen LogP contribution >= 0.6 is 11.6 Å². The van der Waals surface area contributed by atoms with Gasteiger partial charge >= 0.3 is 5.69 Å². The number of hydrogen-bond donors (Lipinski definition) is 2. The van der Waals surface area contributed by atoms with Gasteiger partial charge in [0.15, 0.2) is 5.75 Å². The number of aliphatic hydroxyl groups excluding tert-OH is 1. The van der Waals surface area contributed by atoms with Crippen LogP contribution in [0.4, 0.5) is 11.4 Å². The Kier molecular flexibility index (Phi) is 6.66. The number of ether oxygens (including phenoxy) is 1. The average Bonchev–Trinajstić information content (AvgIpc) is 2.75. The molecule has 0 radical (unpaired) electrons. The fourth-order valence-electron chi connectivity index (χ4n) is 2.96. The molecule has 0 fully saturated rings. The molecule has 0 aliphatic heterocycles. The topological polar surface area (TPSA) is 102 Å². The van der Waals surface area contributed by atoms with Crippen molar-refractivity contribution in [1.29, 1.82) is 0 Å². The monoisotopic (exact) mass is 426 g/mol. The largest absolute Gasteiger partial charge is 0.487 e. The standard InChI is InChI=1S/C22H19ClN2O5/c1-2-30-20-11-8-15(12-19(20)25(28)29)22(27)24-18-10-9-16(23)13-17(18)21(26)14-6-4-3-5-7-14/h3-13,21,26H,2H2,1H3,(H,24,27). The lowest BCUT2D eigenvalue weighted by Crippen LogP contribution is -2.15. The summed E-state index contributed by atoms with van der Waals surface area (Å²) < 4.78 is 5.24. The van der Waals surface area contributed by atoms with Crippen LogP contribution in [0.1, 0.15) is 34.5 Å². The van der Waals surface area contributed by atoms with Gasteiger partial charge in [0.1, 0.15) is 6.10 Å². The SMILES string of the molecule is CCOc1ccc(C(=O)Nc2ccc(Cl)cc2C(O)c2ccccc2)cc1[N+](=O)[O-]. The van der Waals surface area contributed by atoms with Gasteiger partial charge in [-0.05, 0) is 42.8 Å². The molecule has 3 aromatic rings. The molecule has 3 rings (SSSR count). The zero-order chi connectivity index (χ0) is 21.7. The molecule has 0 aromatic heterocycles. The number of benzene rings is 3. The zero-order valence-electron chi connectivity index (χ0n) is 16.0. The Morgan fingerprint density at radius 2 is 1.90 bits per heavy atom. The molecule has 1 unspecified atom stereocenters. The summed E-state index contributed by atoms with van der Waals surface area (Å²) in [6, 6.07) is 17.6. The summed E-state index contributed by atoms with van der Waals surface area (Å²) in [5.74, 6) is -0.476. The van der Waals surface area contributed by atoms with Crippen LogP contribution in [-0.2, 0) is 0 Å². The Hall–Kier alpha value is -3.42. The molecule has 0 heterocycles. The number of carbonyl (C=O) groups is 1. The maximum absolute atomic E-state index is 12.8. The van der Waals surface area contributed by atoms with Crippen molar-refractivity contribution >= 4 is 28.9 Å². The highest BCUT2D eigenvalue weighted by Gasteiger charge is 2.21. The number of rotatable bonds is 7. The zero-order valence-corrected chi connectivity index (χ0v) is 16.8. The van der Waals surface area contributed by atoms with Gasteiger partial charge in [-0.1, -0.05) is 41.9 Å². The summed E-state index contributed by atoms with van der Waals surface area (Å²) in [5.41, 5.74) is 1.16. The lowest BCUT2D eigenvalue weighted by molar-refractivity contribution is -0.385. The molecule has 1 atom stereocenters. The first-order valence-electron chi connectivity index (χ1n) is 9.15. The van der Waals surface area contributed by atoms with E-state index in [1.54, 1.807) is 49.4 Å². The van der Waals surface area contributed by atoms with Gasteiger partial charge in [-0.25, -0.2) is 0 Å². The number of nitro groups is 1. The van der Waals surface area contributed by atoms with E-state index in [2.05, 4.69) is 5.32 Å². The highest BCUT2D eigenvalue weighted by molar-refractivity contribution is 6.30. The average molecular weight is 427 g/mol. The van der Waals surface area contributed by atoms with E-state index in [9.17, 15) is 20.0 Å². The minimum Gasteiger partial charge on any atom is -0.487 e. The van der Waals surface area contributed by atoms with Gasteiger partial charge in [-0.2, -0.15) is 0 Å². The predicted octanol–water partition coefficient (Wildman–Crippen LogP) is 4.98. The third kappa shape index (κ3) is 4.76. The Morgan fingerprint density at radius 1 is 1.17 bits per heavy atom. The fourth-order valence-corrected chi connectivity index (χ4v) is 3.14. The van der Waals surface area contributed by atoms with Crippen LogP contribution in [0.3, 0.4) is 0 Å². The lowest BCUT2D eigenvalue weighted by atomic mass is 9.99. The number of halogens is 1. The number of nitrogens with zero attached hydrogens (tertiary/aromatic N) is 1. The molecular formula is C22H19ClN2O5. The lowest BCUT2D eigenvalue weighted by Gasteiger charge is -2.17. The summed E-state index contributed by atoms with van der Waals surface area (Å²) in [7, 11) is 0. The Morgan fingerprint density at radius 3 is 2.57 bits per heavy atom. The van der Waals surface area contributed by atoms with Crippen LogP contribution in [0.25, 0.3) is 0 Å². The molecule has 8 heteroatoms. The van der Waals surface area contributed by atoms with Crippen molar-refractivity contribution in [2.24, 2.45) is 0 Å². The summed E-state index contributed by atoms with van der Waals surface area (Å²) in [6.45, 7) is 1.97. The Bertz CT molecular complexity index is 1070. The van der Waals surface area contributed by atoms with Crippen molar-refractivity contribution in [3.63, 3.8) is 0 Å². The first-order chi connectivity index (χ1) is 14.4. The second kappa shape index (κ2) is 9.39. The number of aliphatic hydroxyl groups is 1. The smallest absolute Gasteiger partial charge is 0.311 e. The summed E-state index contributed by atoms with van der Waals surface area (Å²) in [4.78, 5) is 23.5. The Balaban J connectivity index is 1.92. The second-order valence-electron chi connectivity index (χ2n) is 6.37. The number of anilines is 1. The van der Waals surface area contributed by atoms with Crippen LogP contribution < -0.4 is 10.1 Å². The quantitative estimate of drug-likeness (QED) is 0.409. The van der Waals surface area contributed by atoms with Crippen molar-refractivity contribution in [1.82, 2.24) is 0 Å². The molecule has 7 nitrogen and oxygen atoms in total. The van der Waals surface area contributed by atoms with Crippen molar-refractivity contribution in [3.8, 4) is 5.75 Å². The van der Waals surface area contributed by atoms with E-state index in [0.717, 1.165) is 6.07 Å². The van der Waals surface area contributed by atoms with Crippen molar-refractivity contribution in [3.05, 3.63) is 98.6 Å². The van der Waals surface area contributed by atoms with E-state index in [-0.39, 0.29) is 23.6 Å². The minimum absolute atomic E-state index is 0.0836. The summed E-state index contributed by atoms with van der Waals surface area (Å²) in [6.07, 6.45) is -1.02. The summed E-state index contributed by atoms with van der Waals surface area (Å²) in [5, 5.41) is 25.2. The molecule has 0 aliphatic rings. The third-order valence-corrected chi connectivity index (χ3v) is 4.62. The Labute approximate surface area is 178 Å². The van der Waals surface area contributed by atoms with E-state index in [1.165, 1.54) is 12.1 Å². The van der Waals surface area contributed by atoms with Crippen LogP contribution in [0.15, 0.2) is 66.7 Å². The van der Waals surface area contributed by atoms with Gasteiger partial charge in [-0.3, -0.25) is 14.9 Å². The molecule has 0 saturated carbocycles. The number of hydrogen-bond acceptors (Lipinski definition) is 5. The third-order valence-electron chi connectivity index (χ3n) is 4.39. The van der Waals surface area contributed by atoms with Gasteiger partial charge in [-0.15, -0.1) is 0 Å². The number of nitro benzene ring substituents is 1. The molecular weight excluding hydrogens is 408 g/mol. The summed E-state index contributed by atoms with van der Waals surface area (Å²) >= 11 is 6.09. The molecule has 3 aromatic carbocycles. The number of carbonyl (C=O) groups excluding carboxylic acids is 1. The molecule has 30 heavy (non-hydrogen) atoms. The van der Waals surface area contributed by atoms with E-state index >= 15 is 0 Å². The fraction of sp³-hybridized carbons (Fsp3) is 0.136. The maximum atomic E-state index is 12.8. The first kappa shape index (κ1) is 21.3. The molecule has 0 saturated heterocycles. The molecule has 1 amide bonds. The van der Waals surface area contributed by atoms with Gasteiger partial charge in [0.2, 0.25) is 0 Å². The van der Waals surface area contributed by atoms with Gasteiger partial charge < -0.3 is 15.2 Å². The van der Waals surface area contributed by atoms with E-state index < -0.39 is 16.9 Å². The molecule has 0 bridgehead atoms. The number of nitrogens with one attached hydrogen (secondary N) is 1. The highest BCUT2D eigenvalue weighted by atomic mass is 35.5. The number of amides is 1. The maximum Gasteiger partial charge on any atom is 0.311 e. The first-order valence-corrected chi connectivity index (χ1v) is 9.53. The minimum atomic E-state index is -1.02. The molecule has 154 valence electrons. The molecule has 2 N–H and O–H groups in total. The molecule has 0 spiro atoms. The second-order valence-corrected chi connectivity index (χ2v) is 6.81. The van der Waals surface area contributed by atoms with Gasteiger partial charge in [0, 0.05) is 27.9 Å². The highest BCUT2D eigenvalue weighted by Crippen LogP contribution is 2.32. The van der Waals surface area contributed by atoms with E-state index in [4.69, 9.17) is 16.3 Å². The van der Waals surface area contributed by atoms with Crippen molar-refractivity contribution in [2.45, 2.75) is 13.0 Å². The van der Waals surface area contributed by atoms with Gasteiger partial charge in [0.25, 0.3) is 5.91 Å². The van der Waals surface area contributed by atoms with Crippen LogP contribution in [0, 0.1) is 10.1 Å². The van der Waals surface area contributed by atoms with Crippen LogP contribution in [0.2, 0.25) is 5.02 Å². The van der Waals surface area contributed by atoms with E-state index in [0.29, 0.717) is 21.8 Å². The van der Waals surface area contributed by atoms with Crippen LogP contribution in [-0.4, -0.2) is 22.5 Å².